The van der Waals surface area contributed by atoms with Crippen molar-refractivity contribution in [2.45, 2.75) is 13.8 Å². The van der Waals surface area contributed by atoms with Crippen molar-refractivity contribution in [3.05, 3.63) is 59.8 Å². The van der Waals surface area contributed by atoms with Gasteiger partial charge in [0.15, 0.2) is 0 Å². The van der Waals surface area contributed by atoms with Gasteiger partial charge in [-0.1, -0.05) is 29.8 Å². The number of hydrogen-bond donors (Lipinski definition) is 0. The fraction of sp³-hybridized carbons (Fsp3) is 0.176. The van der Waals surface area contributed by atoms with E-state index in [1.807, 2.05) is 37.5 Å². The van der Waals surface area contributed by atoms with Crippen molar-refractivity contribution in [3.8, 4) is 0 Å². The van der Waals surface area contributed by atoms with E-state index in [0.29, 0.717) is 0 Å². The molecule has 0 aliphatic heterocycles. The topological polar surface area (TPSA) is 29.6 Å². The van der Waals surface area contributed by atoms with Crippen molar-refractivity contribution in [2.24, 2.45) is 17.3 Å². The summed E-state index contributed by atoms with van der Waals surface area (Å²) in [6, 6.07) is 14.4. The summed E-state index contributed by atoms with van der Waals surface area (Å²) in [5.41, 5.74) is 5.44. The van der Waals surface area contributed by atoms with Gasteiger partial charge in [0.1, 0.15) is 5.69 Å². The SMILES string of the molecule is Cc1ccc(/N=N/c2cn(C)c3cc(C)ccc23)cc1. The van der Waals surface area contributed by atoms with Gasteiger partial charge in [0.2, 0.25) is 0 Å². The quantitative estimate of drug-likeness (QED) is 0.568. The fourth-order valence-electron chi connectivity index (χ4n) is 2.28. The number of aryl methyl sites for hydroxylation is 3. The predicted molar refractivity (Wildman–Crippen MR) is 83.0 cm³/mol. The minimum atomic E-state index is 0.875. The van der Waals surface area contributed by atoms with Gasteiger partial charge >= 0.3 is 0 Å². The van der Waals surface area contributed by atoms with Crippen LogP contribution in [-0.4, -0.2) is 4.57 Å². The third kappa shape index (κ3) is 2.35. The summed E-state index contributed by atoms with van der Waals surface area (Å²) in [5, 5.41) is 9.84. The van der Waals surface area contributed by atoms with Gasteiger partial charge in [0.05, 0.1) is 11.2 Å². The Morgan fingerprint density at radius 3 is 2.30 bits per heavy atom. The van der Waals surface area contributed by atoms with Crippen LogP contribution in [0.5, 0.6) is 0 Å². The van der Waals surface area contributed by atoms with Crippen LogP contribution in [0.4, 0.5) is 11.4 Å². The normalized spacial score (nSPS) is 11.6. The van der Waals surface area contributed by atoms with Crippen molar-refractivity contribution in [1.82, 2.24) is 4.57 Å². The predicted octanol–water partition coefficient (Wildman–Crippen LogP) is 5.21. The first-order chi connectivity index (χ1) is 9.63. The summed E-state index contributed by atoms with van der Waals surface area (Å²) in [6.45, 7) is 4.16. The first-order valence-corrected chi connectivity index (χ1v) is 6.67. The summed E-state index contributed by atoms with van der Waals surface area (Å²) in [6.07, 6.45) is 2.02. The van der Waals surface area contributed by atoms with E-state index < -0.39 is 0 Å². The van der Waals surface area contributed by atoms with E-state index in [2.05, 4.69) is 46.8 Å². The highest BCUT2D eigenvalue weighted by atomic mass is 15.1. The molecular formula is C17H17N3. The second-order valence-electron chi connectivity index (χ2n) is 5.18. The van der Waals surface area contributed by atoms with Crippen molar-refractivity contribution < 1.29 is 0 Å². The molecule has 3 nitrogen and oxygen atoms in total. The monoisotopic (exact) mass is 263 g/mol. The molecule has 3 heteroatoms. The van der Waals surface area contributed by atoms with Gasteiger partial charge in [-0.25, -0.2) is 0 Å². The lowest BCUT2D eigenvalue weighted by atomic mass is 10.2. The number of azo groups is 1. The summed E-state index contributed by atoms with van der Waals surface area (Å²) in [4.78, 5) is 0. The van der Waals surface area contributed by atoms with Gasteiger partial charge in [-0.2, -0.15) is 5.11 Å². The Bertz CT molecular complexity index is 780. The number of aromatic nitrogens is 1. The molecule has 0 aliphatic carbocycles. The lowest BCUT2D eigenvalue weighted by Gasteiger charge is -1.96. The van der Waals surface area contributed by atoms with E-state index in [4.69, 9.17) is 0 Å². The van der Waals surface area contributed by atoms with Gasteiger partial charge in [0, 0.05) is 18.6 Å². The zero-order valence-corrected chi connectivity index (χ0v) is 12.0. The molecule has 1 heterocycles. The molecular weight excluding hydrogens is 246 g/mol. The van der Waals surface area contributed by atoms with E-state index in [1.165, 1.54) is 16.6 Å². The van der Waals surface area contributed by atoms with Crippen molar-refractivity contribution in [1.29, 1.82) is 0 Å². The number of fused-ring (bicyclic) bond motifs is 1. The second kappa shape index (κ2) is 4.93. The molecule has 0 spiro atoms. The number of hydrogen-bond acceptors (Lipinski definition) is 2. The zero-order valence-electron chi connectivity index (χ0n) is 12.0. The Morgan fingerprint density at radius 2 is 1.55 bits per heavy atom. The average molecular weight is 263 g/mol. The molecule has 0 unspecified atom stereocenters. The zero-order chi connectivity index (χ0) is 14.1. The Morgan fingerprint density at radius 1 is 0.850 bits per heavy atom. The lowest BCUT2D eigenvalue weighted by molar-refractivity contribution is 0.966. The minimum absolute atomic E-state index is 0.875. The van der Waals surface area contributed by atoms with Crippen LogP contribution >= 0.6 is 0 Å². The summed E-state index contributed by atoms with van der Waals surface area (Å²) < 4.78 is 2.09. The molecule has 0 atom stereocenters. The van der Waals surface area contributed by atoms with Crippen LogP contribution in [0.1, 0.15) is 11.1 Å². The minimum Gasteiger partial charge on any atom is -0.348 e. The first-order valence-electron chi connectivity index (χ1n) is 6.67. The van der Waals surface area contributed by atoms with Crippen LogP contribution in [0.15, 0.2) is 58.9 Å². The van der Waals surface area contributed by atoms with Crippen molar-refractivity contribution >= 4 is 22.3 Å². The molecule has 0 aliphatic rings. The first kappa shape index (κ1) is 12.6. The number of nitrogens with zero attached hydrogens (tertiary/aromatic N) is 3. The second-order valence-corrected chi connectivity index (χ2v) is 5.18. The van der Waals surface area contributed by atoms with Gasteiger partial charge in [-0.15, -0.1) is 5.11 Å². The largest absolute Gasteiger partial charge is 0.348 e. The van der Waals surface area contributed by atoms with Crippen LogP contribution < -0.4 is 0 Å². The Hall–Kier alpha value is -2.42. The highest BCUT2D eigenvalue weighted by molar-refractivity contribution is 5.91. The number of benzene rings is 2. The van der Waals surface area contributed by atoms with Crippen LogP contribution in [0, 0.1) is 13.8 Å². The maximum atomic E-state index is 4.39. The molecule has 1 aromatic heterocycles. The molecule has 2 aromatic carbocycles. The average Bonchev–Trinajstić information content (AvgIpc) is 2.74. The fourth-order valence-corrected chi connectivity index (χ4v) is 2.28. The van der Waals surface area contributed by atoms with Crippen molar-refractivity contribution in [2.75, 3.05) is 0 Å². The third-order valence-electron chi connectivity index (χ3n) is 3.43. The molecule has 0 radical (unpaired) electrons. The molecule has 100 valence electrons. The molecule has 0 amide bonds. The summed E-state index contributed by atoms with van der Waals surface area (Å²) >= 11 is 0. The number of rotatable bonds is 2. The van der Waals surface area contributed by atoms with E-state index in [1.54, 1.807) is 0 Å². The van der Waals surface area contributed by atoms with E-state index >= 15 is 0 Å². The Labute approximate surface area is 118 Å². The molecule has 0 saturated carbocycles. The Kier molecular flexibility index (Phi) is 3.11. The van der Waals surface area contributed by atoms with Gasteiger partial charge < -0.3 is 4.57 Å². The van der Waals surface area contributed by atoms with Crippen LogP contribution in [0.2, 0.25) is 0 Å². The van der Waals surface area contributed by atoms with Crippen molar-refractivity contribution in [3.63, 3.8) is 0 Å². The Balaban J connectivity index is 2.00. The maximum absolute atomic E-state index is 4.39. The molecule has 3 aromatic rings. The molecule has 20 heavy (non-hydrogen) atoms. The van der Waals surface area contributed by atoms with Gasteiger partial charge in [-0.3, -0.25) is 0 Å². The molecule has 0 N–H and O–H groups in total. The van der Waals surface area contributed by atoms with Crippen LogP contribution in [0.25, 0.3) is 10.9 Å². The van der Waals surface area contributed by atoms with E-state index in [9.17, 15) is 0 Å². The summed E-state index contributed by atoms with van der Waals surface area (Å²) in [7, 11) is 2.03. The maximum Gasteiger partial charge on any atom is 0.111 e. The molecule has 0 fully saturated rings. The highest BCUT2D eigenvalue weighted by Gasteiger charge is 2.05. The van der Waals surface area contributed by atoms with Crippen LogP contribution in [-0.2, 0) is 7.05 Å². The smallest absolute Gasteiger partial charge is 0.111 e. The van der Waals surface area contributed by atoms with Gasteiger partial charge in [-0.05, 0) is 37.6 Å². The van der Waals surface area contributed by atoms with Gasteiger partial charge in [0.25, 0.3) is 0 Å². The highest BCUT2D eigenvalue weighted by Crippen LogP contribution is 2.29. The molecule has 0 saturated heterocycles. The third-order valence-corrected chi connectivity index (χ3v) is 3.43. The van der Waals surface area contributed by atoms with Crippen LogP contribution in [0.3, 0.4) is 0 Å². The summed E-state index contributed by atoms with van der Waals surface area (Å²) in [5.74, 6) is 0. The lowest BCUT2D eigenvalue weighted by Crippen LogP contribution is -1.83. The molecule has 3 rings (SSSR count). The molecule has 0 bridgehead atoms. The van der Waals surface area contributed by atoms with E-state index in [-0.39, 0.29) is 0 Å². The van der Waals surface area contributed by atoms with E-state index in [0.717, 1.165) is 16.8 Å². The standard InChI is InChI=1S/C17H17N3/c1-12-4-7-14(8-5-12)18-19-16-11-20(3)17-10-13(2)6-9-15(16)17/h4-11H,1-3H3/b19-18+.